The van der Waals surface area contributed by atoms with Gasteiger partial charge in [-0.15, -0.1) is 0 Å². The van der Waals surface area contributed by atoms with E-state index in [2.05, 4.69) is 28.1 Å². The molecular formula is C26H32ClN3O4S. The van der Waals surface area contributed by atoms with Crippen molar-refractivity contribution in [1.82, 2.24) is 9.80 Å². The van der Waals surface area contributed by atoms with E-state index >= 15 is 0 Å². The molecule has 4 rings (SSSR count). The van der Waals surface area contributed by atoms with Crippen molar-refractivity contribution in [3.63, 3.8) is 0 Å². The highest BCUT2D eigenvalue weighted by molar-refractivity contribution is 7.80. The Morgan fingerprint density at radius 3 is 2.66 bits per heavy atom. The number of rotatable bonds is 9. The smallest absolute Gasteiger partial charge is 0.176 e. The highest BCUT2D eigenvalue weighted by atomic mass is 35.5. The van der Waals surface area contributed by atoms with Crippen LogP contribution in [0.1, 0.15) is 25.1 Å². The summed E-state index contributed by atoms with van der Waals surface area (Å²) in [5, 5.41) is 5.52. The number of anilines is 1. The number of furan rings is 1. The highest BCUT2D eigenvalue weighted by Crippen LogP contribution is 2.34. The minimum Gasteiger partial charge on any atom is -0.495 e. The molecule has 7 nitrogen and oxygen atoms in total. The van der Waals surface area contributed by atoms with Gasteiger partial charge < -0.3 is 28.8 Å². The Labute approximate surface area is 216 Å². The van der Waals surface area contributed by atoms with E-state index in [1.165, 1.54) is 0 Å². The van der Waals surface area contributed by atoms with E-state index in [0.29, 0.717) is 21.6 Å². The van der Waals surface area contributed by atoms with Crippen LogP contribution in [0.15, 0.2) is 46.9 Å². The summed E-state index contributed by atoms with van der Waals surface area (Å²) in [5.41, 5.74) is 1.46. The number of para-hydroxylation sites is 1. The molecule has 9 heteroatoms. The summed E-state index contributed by atoms with van der Waals surface area (Å²) < 4.78 is 22.7. The summed E-state index contributed by atoms with van der Waals surface area (Å²) in [5.74, 6) is 2.20. The van der Waals surface area contributed by atoms with E-state index in [1.807, 2.05) is 30.3 Å². The van der Waals surface area contributed by atoms with Gasteiger partial charge in [0.1, 0.15) is 11.5 Å². The van der Waals surface area contributed by atoms with Crippen LogP contribution < -0.4 is 14.8 Å². The van der Waals surface area contributed by atoms with Crippen molar-refractivity contribution in [1.29, 1.82) is 0 Å². The Kier molecular flexibility index (Phi) is 8.73. The first kappa shape index (κ1) is 25.6. The molecule has 1 fully saturated rings. The number of methoxy groups -OCH3 is 2. The van der Waals surface area contributed by atoms with Crippen molar-refractivity contribution in [3.05, 3.63) is 53.2 Å². The van der Waals surface area contributed by atoms with Crippen molar-refractivity contribution in [2.75, 3.05) is 58.9 Å². The Balaban J connectivity index is 1.56. The van der Waals surface area contributed by atoms with Gasteiger partial charge in [-0.2, -0.15) is 0 Å². The van der Waals surface area contributed by atoms with Crippen molar-refractivity contribution < 1.29 is 18.6 Å². The third-order valence-electron chi connectivity index (χ3n) is 6.27. The lowest BCUT2D eigenvalue weighted by atomic mass is 10.2. The van der Waals surface area contributed by atoms with Crippen LogP contribution in [0.5, 0.6) is 11.5 Å². The molecule has 1 aromatic heterocycles. The Morgan fingerprint density at radius 2 is 1.91 bits per heavy atom. The first-order valence-corrected chi connectivity index (χ1v) is 12.6. The zero-order chi connectivity index (χ0) is 24.8. The largest absolute Gasteiger partial charge is 0.495 e. The van der Waals surface area contributed by atoms with Gasteiger partial charge in [0.15, 0.2) is 16.4 Å². The number of halogens is 1. The second-order valence-electron chi connectivity index (χ2n) is 8.48. The van der Waals surface area contributed by atoms with Gasteiger partial charge in [0, 0.05) is 36.6 Å². The van der Waals surface area contributed by atoms with Crippen LogP contribution >= 0.6 is 23.8 Å². The second-order valence-corrected chi connectivity index (χ2v) is 9.30. The maximum atomic E-state index is 6.27. The molecule has 1 saturated heterocycles. The van der Waals surface area contributed by atoms with E-state index < -0.39 is 0 Å². The summed E-state index contributed by atoms with van der Waals surface area (Å²) in [6.45, 7) is 7.32. The van der Waals surface area contributed by atoms with Gasteiger partial charge in [-0.25, -0.2) is 0 Å². The third kappa shape index (κ3) is 6.19. The van der Waals surface area contributed by atoms with Gasteiger partial charge in [0.25, 0.3) is 0 Å². The van der Waals surface area contributed by atoms with E-state index in [1.54, 1.807) is 20.3 Å². The van der Waals surface area contributed by atoms with Crippen LogP contribution in [0.25, 0.3) is 11.0 Å². The molecule has 188 valence electrons. The molecule has 0 spiro atoms. The zero-order valence-corrected chi connectivity index (χ0v) is 22.0. The van der Waals surface area contributed by atoms with Crippen LogP contribution in [0, 0.1) is 0 Å². The summed E-state index contributed by atoms with van der Waals surface area (Å²) in [7, 11) is 3.28. The molecule has 0 aliphatic carbocycles. The molecule has 0 unspecified atom stereocenters. The van der Waals surface area contributed by atoms with Crippen LogP contribution in [0.3, 0.4) is 0 Å². The van der Waals surface area contributed by atoms with Crippen molar-refractivity contribution in [2.45, 2.75) is 19.4 Å². The zero-order valence-electron chi connectivity index (χ0n) is 20.4. The molecule has 1 atom stereocenters. The van der Waals surface area contributed by atoms with Gasteiger partial charge in [0.2, 0.25) is 0 Å². The van der Waals surface area contributed by atoms with Crippen LogP contribution in [0.4, 0.5) is 5.69 Å². The van der Waals surface area contributed by atoms with Gasteiger partial charge >= 0.3 is 0 Å². The van der Waals surface area contributed by atoms with Gasteiger partial charge in [-0.1, -0.05) is 23.7 Å². The van der Waals surface area contributed by atoms with Crippen molar-refractivity contribution in [2.24, 2.45) is 0 Å². The quantitative estimate of drug-likeness (QED) is 0.369. The molecule has 3 aromatic rings. The van der Waals surface area contributed by atoms with Crippen LogP contribution in [-0.2, 0) is 4.74 Å². The average molecular weight is 518 g/mol. The first-order chi connectivity index (χ1) is 17.0. The molecule has 0 radical (unpaired) electrons. The second kappa shape index (κ2) is 11.9. The van der Waals surface area contributed by atoms with E-state index in [0.717, 1.165) is 68.2 Å². The number of morpholine rings is 1. The van der Waals surface area contributed by atoms with E-state index in [-0.39, 0.29) is 6.04 Å². The van der Waals surface area contributed by atoms with E-state index in [9.17, 15) is 0 Å². The molecule has 2 heterocycles. The monoisotopic (exact) mass is 517 g/mol. The van der Waals surface area contributed by atoms with Crippen LogP contribution in [0.2, 0.25) is 5.02 Å². The maximum Gasteiger partial charge on any atom is 0.176 e. The lowest BCUT2D eigenvalue weighted by Gasteiger charge is -2.32. The maximum absolute atomic E-state index is 6.27. The number of ether oxygens (including phenoxy) is 3. The number of hydrogen-bond acceptors (Lipinski definition) is 6. The fourth-order valence-electron chi connectivity index (χ4n) is 4.30. The molecule has 1 aliphatic heterocycles. The predicted octanol–water partition coefficient (Wildman–Crippen LogP) is 5.59. The van der Waals surface area contributed by atoms with Crippen molar-refractivity contribution >= 4 is 45.6 Å². The lowest BCUT2D eigenvalue weighted by molar-refractivity contribution is 0.0365. The minimum absolute atomic E-state index is 0.109. The molecule has 0 saturated carbocycles. The van der Waals surface area contributed by atoms with E-state index in [4.69, 9.17) is 42.4 Å². The predicted molar refractivity (Wildman–Crippen MR) is 144 cm³/mol. The summed E-state index contributed by atoms with van der Waals surface area (Å²) in [6, 6.07) is 13.3. The number of thiocarbonyl (C=S) groups is 1. The Morgan fingerprint density at radius 1 is 1.14 bits per heavy atom. The van der Waals surface area contributed by atoms with Gasteiger partial charge in [-0.3, -0.25) is 4.90 Å². The molecule has 1 N–H and O–H groups in total. The fraction of sp³-hybridized carbons (Fsp3) is 0.423. The van der Waals surface area contributed by atoms with Gasteiger partial charge in [0.05, 0.1) is 39.2 Å². The third-order valence-corrected chi connectivity index (χ3v) is 6.84. The average Bonchev–Trinajstić information content (AvgIpc) is 3.32. The Bertz CT molecular complexity index is 1150. The normalized spacial score (nSPS) is 15.1. The topological polar surface area (TPSA) is 59.3 Å². The first-order valence-electron chi connectivity index (χ1n) is 11.8. The summed E-state index contributed by atoms with van der Waals surface area (Å²) in [4.78, 5) is 4.58. The number of nitrogens with one attached hydrogen (secondary N) is 1. The lowest BCUT2D eigenvalue weighted by Crippen LogP contribution is -2.41. The molecule has 35 heavy (non-hydrogen) atoms. The standard InChI is InChI=1S/C26H32ClN3O4S/c1-18(24-16-19-6-4-7-23(32-3)25(19)34-24)30(11-5-10-29-12-14-33-15-13-29)26(35)28-21-17-20(27)8-9-22(21)31-2/h4,6-9,16-18H,5,10-15H2,1-3H3,(H,28,35)/t18-/m0/s1. The highest BCUT2D eigenvalue weighted by Gasteiger charge is 2.24. The fourth-order valence-corrected chi connectivity index (χ4v) is 4.83. The minimum atomic E-state index is -0.109. The molecule has 0 bridgehead atoms. The molecule has 1 aliphatic rings. The number of hydrogen-bond donors (Lipinski definition) is 1. The number of fused-ring (bicyclic) bond motifs is 1. The summed E-state index contributed by atoms with van der Waals surface area (Å²) in [6.07, 6.45) is 0.947. The SMILES string of the molecule is COc1ccc(Cl)cc1NC(=S)N(CCCN1CCOCC1)[C@@H](C)c1cc2cccc(OC)c2o1. The van der Waals surface area contributed by atoms with Crippen molar-refractivity contribution in [3.8, 4) is 11.5 Å². The van der Waals surface area contributed by atoms with Crippen LogP contribution in [-0.4, -0.2) is 68.5 Å². The molecule has 0 amide bonds. The molecular weight excluding hydrogens is 486 g/mol. The number of nitrogens with zero attached hydrogens (tertiary/aromatic N) is 2. The Hall–Kier alpha value is -2.52. The number of benzene rings is 2. The van der Waals surface area contributed by atoms with Gasteiger partial charge in [-0.05, 0) is 55.9 Å². The molecule has 2 aromatic carbocycles. The summed E-state index contributed by atoms with van der Waals surface area (Å²) >= 11 is 12.1.